The van der Waals surface area contributed by atoms with Crippen molar-refractivity contribution in [2.75, 3.05) is 85.6 Å². The molecule has 5 rings (SSSR count). The van der Waals surface area contributed by atoms with Gasteiger partial charge in [-0.15, -0.1) is 0 Å². The molecule has 0 spiro atoms. The molecule has 10 nitrogen and oxygen atoms in total. The number of nitrogens with zero attached hydrogens (tertiary/aromatic N) is 2. The highest BCUT2D eigenvalue weighted by atomic mass is 35.5. The topological polar surface area (TPSA) is 107 Å². The van der Waals surface area contributed by atoms with Crippen LogP contribution in [-0.4, -0.2) is 112 Å². The first kappa shape index (κ1) is 31.6. The van der Waals surface area contributed by atoms with E-state index >= 15 is 0 Å². The van der Waals surface area contributed by atoms with Crippen LogP contribution in [0.4, 0.5) is 9.59 Å². The number of carbonyl (C=O) groups excluding carboxylic acids is 2. The van der Waals surface area contributed by atoms with Crippen LogP contribution in [0.3, 0.4) is 0 Å². The van der Waals surface area contributed by atoms with E-state index in [0.29, 0.717) is 44.2 Å². The molecule has 3 atom stereocenters. The molecule has 0 bridgehead atoms. The third kappa shape index (κ3) is 12.8. The van der Waals surface area contributed by atoms with Crippen LogP contribution in [0.25, 0.3) is 0 Å². The summed E-state index contributed by atoms with van der Waals surface area (Å²) in [7, 11) is 0. The van der Waals surface area contributed by atoms with Crippen molar-refractivity contribution >= 4 is 23.1 Å². The highest BCUT2D eigenvalue weighted by Gasteiger charge is 2.24. The summed E-state index contributed by atoms with van der Waals surface area (Å²) in [6.07, 6.45) is 2.82. The zero-order valence-electron chi connectivity index (χ0n) is 22.7. The lowest BCUT2D eigenvalue weighted by Crippen LogP contribution is -2.48. The Morgan fingerprint density at radius 1 is 0.821 bits per heavy atom. The number of piperazine rings is 1. The minimum absolute atomic E-state index is 0.175. The van der Waals surface area contributed by atoms with Crippen molar-refractivity contribution in [3.63, 3.8) is 0 Å². The molecule has 4 aliphatic rings. The van der Waals surface area contributed by atoms with E-state index in [1.165, 1.54) is 5.56 Å². The number of aliphatic hydroxyl groups is 1. The quantitative estimate of drug-likeness (QED) is 0.494. The number of halogens is 1. The molecule has 220 valence electrons. The molecule has 39 heavy (non-hydrogen) atoms. The lowest BCUT2D eigenvalue weighted by Gasteiger charge is -2.34. The number of amides is 1. The van der Waals surface area contributed by atoms with Gasteiger partial charge in [-0.1, -0.05) is 30.3 Å². The summed E-state index contributed by atoms with van der Waals surface area (Å²) in [6.45, 7) is 9.97. The van der Waals surface area contributed by atoms with Crippen LogP contribution in [0.5, 0.6) is 0 Å². The van der Waals surface area contributed by atoms with Gasteiger partial charge >= 0.3 is 11.5 Å². The molecular formula is C28H43ClN2O8. The van der Waals surface area contributed by atoms with Crippen molar-refractivity contribution in [3.8, 4) is 0 Å². The summed E-state index contributed by atoms with van der Waals surface area (Å²) >= 11 is 4.95. The zero-order valence-corrected chi connectivity index (χ0v) is 23.5. The summed E-state index contributed by atoms with van der Waals surface area (Å²) in [5.41, 5.74) is 0.589. The molecule has 1 aromatic rings. The Morgan fingerprint density at radius 3 is 1.82 bits per heavy atom. The average Bonchev–Trinajstić information content (AvgIpc) is 3.77. The first-order chi connectivity index (χ1) is 19.0. The van der Waals surface area contributed by atoms with Gasteiger partial charge in [-0.3, -0.25) is 4.90 Å². The Bertz CT molecular complexity index is 807. The van der Waals surface area contributed by atoms with E-state index in [2.05, 4.69) is 33.9 Å². The summed E-state index contributed by atoms with van der Waals surface area (Å²) < 4.78 is 25.3. The molecule has 4 saturated heterocycles. The molecule has 1 N–H and O–H groups in total. The van der Waals surface area contributed by atoms with Gasteiger partial charge in [0.15, 0.2) is 0 Å². The Labute approximate surface area is 236 Å². The summed E-state index contributed by atoms with van der Waals surface area (Å²) in [5.74, 6) is 1.16. The van der Waals surface area contributed by atoms with Crippen LogP contribution in [-0.2, 0) is 30.2 Å². The standard InChI is InChI=1S/C17H24N2O3.C6H9ClO3.C5H10O2/c20-17(22-14-16-6-11-21-13-16)19-9-7-18(8-10-19)12-15-4-2-1-3-5-15;7-6(8)10-4-5-1-2-9-3-5;6-3-5-1-2-7-4-5/h1-5,16H,6-14H2;5H,1-4H2;5-6H,1-4H2. The van der Waals surface area contributed by atoms with Crippen molar-refractivity contribution in [1.29, 1.82) is 0 Å². The second-order valence-electron chi connectivity index (χ2n) is 10.2. The molecule has 11 heteroatoms. The first-order valence-corrected chi connectivity index (χ1v) is 14.3. The van der Waals surface area contributed by atoms with Crippen LogP contribution in [0.15, 0.2) is 30.3 Å². The van der Waals surface area contributed by atoms with E-state index in [4.69, 9.17) is 35.7 Å². The monoisotopic (exact) mass is 570 g/mol. The molecule has 1 aromatic carbocycles. The van der Waals surface area contributed by atoms with Crippen molar-refractivity contribution in [2.45, 2.75) is 25.8 Å². The van der Waals surface area contributed by atoms with Gasteiger partial charge in [0.1, 0.15) is 0 Å². The molecule has 3 unspecified atom stereocenters. The second kappa shape index (κ2) is 18.4. The summed E-state index contributed by atoms with van der Waals surface area (Å²) in [6, 6.07) is 10.5. The van der Waals surface area contributed by atoms with Gasteiger partial charge in [0.2, 0.25) is 0 Å². The highest BCUT2D eigenvalue weighted by molar-refractivity contribution is 6.61. The summed E-state index contributed by atoms with van der Waals surface area (Å²) in [5, 5.41) is 8.49. The second-order valence-corrected chi connectivity index (χ2v) is 10.6. The lowest BCUT2D eigenvalue weighted by atomic mass is 10.1. The average molecular weight is 571 g/mol. The van der Waals surface area contributed by atoms with Crippen molar-refractivity contribution in [3.05, 3.63) is 35.9 Å². The van der Waals surface area contributed by atoms with Crippen molar-refractivity contribution in [1.82, 2.24) is 9.80 Å². The molecule has 4 aliphatic heterocycles. The Kier molecular flexibility index (Phi) is 14.9. The summed E-state index contributed by atoms with van der Waals surface area (Å²) in [4.78, 5) is 26.4. The van der Waals surface area contributed by atoms with Crippen LogP contribution < -0.4 is 0 Å². The fourth-order valence-electron chi connectivity index (χ4n) is 4.55. The van der Waals surface area contributed by atoms with Crippen LogP contribution in [0, 0.1) is 17.8 Å². The van der Waals surface area contributed by atoms with Crippen LogP contribution >= 0.6 is 11.6 Å². The smallest absolute Gasteiger partial charge is 0.409 e. The maximum Gasteiger partial charge on any atom is 0.409 e. The molecule has 0 aromatic heterocycles. The number of carbonyl (C=O) groups is 2. The fourth-order valence-corrected chi connectivity index (χ4v) is 4.61. The number of rotatable bonds is 7. The molecular weight excluding hydrogens is 528 g/mol. The number of benzene rings is 1. The molecule has 4 heterocycles. The Morgan fingerprint density at radius 2 is 1.36 bits per heavy atom. The fraction of sp³-hybridized carbons (Fsp3) is 0.714. The number of hydrogen-bond acceptors (Lipinski definition) is 9. The van der Waals surface area contributed by atoms with Gasteiger partial charge in [-0.2, -0.15) is 0 Å². The van der Waals surface area contributed by atoms with Gasteiger partial charge < -0.3 is 33.7 Å². The number of ether oxygens (including phenoxy) is 5. The van der Waals surface area contributed by atoms with E-state index in [1.54, 1.807) is 0 Å². The number of hydrogen-bond donors (Lipinski definition) is 1. The predicted octanol–water partition coefficient (Wildman–Crippen LogP) is 3.39. The maximum absolute atomic E-state index is 12.1. The normalized spacial score (nSPS) is 24.8. The van der Waals surface area contributed by atoms with E-state index in [0.717, 1.165) is 85.0 Å². The minimum Gasteiger partial charge on any atom is -0.453 e. The highest BCUT2D eigenvalue weighted by Crippen LogP contribution is 2.15. The van der Waals surface area contributed by atoms with Gasteiger partial charge in [0.25, 0.3) is 0 Å². The minimum atomic E-state index is -0.730. The maximum atomic E-state index is 12.1. The van der Waals surface area contributed by atoms with E-state index in [1.807, 2.05) is 11.0 Å². The zero-order chi connectivity index (χ0) is 27.7. The SMILES string of the molecule is O=C(Cl)OCC1CCOC1.O=C(OCC1CCOC1)N1CCN(Cc2ccccc2)CC1.OCC1CCOC1. The van der Waals surface area contributed by atoms with Gasteiger partial charge in [-0.05, 0) is 24.8 Å². The largest absolute Gasteiger partial charge is 0.453 e. The van der Waals surface area contributed by atoms with E-state index < -0.39 is 5.43 Å². The lowest BCUT2D eigenvalue weighted by molar-refractivity contribution is 0.0622. The van der Waals surface area contributed by atoms with Gasteiger partial charge in [0.05, 0.1) is 33.0 Å². The van der Waals surface area contributed by atoms with E-state index in [9.17, 15) is 9.59 Å². The molecule has 0 aliphatic carbocycles. The molecule has 0 radical (unpaired) electrons. The van der Waals surface area contributed by atoms with Crippen molar-refractivity contribution < 1.29 is 38.4 Å². The van der Waals surface area contributed by atoms with Crippen molar-refractivity contribution in [2.24, 2.45) is 17.8 Å². The third-order valence-electron chi connectivity index (χ3n) is 7.08. The van der Waals surface area contributed by atoms with Crippen LogP contribution in [0.2, 0.25) is 0 Å². The molecule has 1 amide bonds. The first-order valence-electron chi connectivity index (χ1n) is 13.9. The Balaban J connectivity index is 0.000000202. The predicted molar refractivity (Wildman–Crippen MR) is 146 cm³/mol. The number of aliphatic hydroxyl groups excluding tert-OH is 1. The third-order valence-corrected chi connectivity index (χ3v) is 7.19. The van der Waals surface area contributed by atoms with Gasteiger partial charge in [-0.25, -0.2) is 9.59 Å². The molecule has 0 saturated carbocycles. The van der Waals surface area contributed by atoms with Gasteiger partial charge in [0, 0.05) is 88.5 Å². The Hall–Kier alpha value is -1.95. The molecule has 4 fully saturated rings. The van der Waals surface area contributed by atoms with Crippen LogP contribution in [0.1, 0.15) is 24.8 Å². The van der Waals surface area contributed by atoms with E-state index in [-0.39, 0.29) is 6.09 Å².